The molecule has 0 atom stereocenters. The normalized spacial score (nSPS) is 15.1. The lowest BCUT2D eigenvalue weighted by molar-refractivity contribution is -0.138. The molecule has 3 rings (SSSR count). The highest BCUT2D eigenvalue weighted by Gasteiger charge is 2.30. The summed E-state index contributed by atoms with van der Waals surface area (Å²) >= 11 is 0. The lowest BCUT2D eigenvalue weighted by Gasteiger charge is -2.19. The van der Waals surface area contributed by atoms with E-state index in [2.05, 4.69) is 34.7 Å². The standard InChI is InChI=1S/C16H20N2O2/c1-2-17-9-12(14-5-3-4-6-15(14)17)10-18(11-16(19)20)13-7-8-13/h3-6,9,13H,2,7-8,10-11H2,1H3,(H,19,20). The lowest BCUT2D eigenvalue weighted by Crippen LogP contribution is -2.31. The summed E-state index contributed by atoms with van der Waals surface area (Å²) in [5, 5.41) is 10.3. The summed E-state index contributed by atoms with van der Waals surface area (Å²) in [7, 11) is 0. The summed E-state index contributed by atoms with van der Waals surface area (Å²) in [6.07, 6.45) is 4.42. The Morgan fingerprint density at radius 2 is 2.15 bits per heavy atom. The Labute approximate surface area is 118 Å². The molecule has 1 fully saturated rings. The van der Waals surface area contributed by atoms with Crippen LogP contribution in [-0.4, -0.2) is 33.1 Å². The summed E-state index contributed by atoms with van der Waals surface area (Å²) in [6, 6.07) is 8.80. The number of hydrogen-bond acceptors (Lipinski definition) is 2. The van der Waals surface area contributed by atoms with Crippen molar-refractivity contribution >= 4 is 16.9 Å². The van der Waals surface area contributed by atoms with Crippen molar-refractivity contribution < 1.29 is 9.90 Å². The van der Waals surface area contributed by atoms with Gasteiger partial charge < -0.3 is 9.67 Å². The smallest absolute Gasteiger partial charge is 0.317 e. The van der Waals surface area contributed by atoms with Crippen molar-refractivity contribution in [2.24, 2.45) is 0 Å². The Morgan fingerprint density at radius 1 is 1.40 bits per heavy atom. The van der Waals surface area contributed by atoms with Crippen molar-refractivity contribution in [3.8, 4) is 0 Å². The predicted octanol–water partition coefficient (Wildman–Crippen LogP) is 2.71. The summed E-state index contributed by atoms with van der Waals surface area (Å²) < 4.78 is 2.23. The van der Waals surface area contributed by atoms with Gasteiger partial charge in [-0.15, -0.1) is 0 Å². The van der Waals surface area contributed by atoms with Gasteiger partial charge in [0, 0.05) is 36.2 Å². The molecular weight excluding hydrogens is 252 g/mol. The Morgan fingerprint density at radius 3 is 2.80 bits per heavy atom. The van der Waals surface area contributed by atoms with Crippen LogP contribution in [-0.2, 0) is 17.9 Å². The van der Waals surface area contributed by atoms with Gasteiger partial charge in [0.1, 0.15) is 0 Å². The van der Waals surface area contributed by atoms with Gasteiger partial charge in [-0.1, -0.05) is 18.2 Å². The summed E-state index contributed by atoms with van der Waals surface area (Å²) in [6.45, 7) is 3.93. The SMILES string of the molecule is CCn1cc(CN(CC(=O)O)C2CC2)c2ccccc21. The fourth-order valence-electron chi connectivity index (χ4n) is 2.86. The fraction of sp³-hybridized carbons (Fsp3) is 0.438. The van der Waals surface area contributed by atoms with E-state index in [1.165, 1.54) is 16.5 Å². The molecule has 20 heavy (non-hydrogen) atoms. The number of benzene rings is 1. The van der Waals surface area contributed by atoms with Gasteiger partial charge in [-0.05, 0) is 31.4 Å². The first-order chi connectivity index (χ1) is 9.69. The second kappa shape index (κ2) is 5.29. The maximum absolute atomic E-state index is 11.0. The van der Waals surface area contributed by atoms with Gasteiger partial charge in [-0.3, -0.25) is 9.69 Å². The fourth-order valence-corrected chi connectivity index (χ4v) is 2.86. The molecule has 4 heteroatoms. The second-order valence-corrected chi connectivity index (χ2v) is 5.49. The number of para-hydroxylation sites is 1. The van der Waals surface area contributed by atoms with Gasteiger partial charge in [0.2, 0.25) is 0 Å². The number of carboxylic acids is 1. The average Bonchev–Trinajstić information content (AvgIpc) is 3.22. The topological polar surface area (TPSA) is 45.5 Å². The Kier molecular flexibility index (Phi) is 3.49. The van der Waals surface area contributed by atoms with E-state index >= 15 is 0 Å². The maximum atomic E-state index is 11.0. The Hall–Kier alpha value is -1.81. The minimum absolute atomic E-state index is 0.135. The quantitative estimate of drug-likeness (QED) is 0.879. The van der Waals surface area contributed by atoms with Crippen LogP contribution in [0.25, 0.3) is 10.9 Å². The van der Waals surface area contributed by atoms with Gasteiger partial charge in [0.15, 0.2) is 0 Å². The van der Waals surface area contributed by atoms with Crippen molar-refractivity contribution in [3.63, 3.8) is 0 Å². The molecule has 0 aliphatic heterocycles. The number of carbonyl (C=O) groups is 1. The minimum Gasteiger partial charge on any atom is -0.480 e. The van der Waals surface area contributed by atoms with Crippen LogP contribution in [0, 0.1) is 0 Å². The third-order valence-electron chi connectivity index (χ3n) is 3.99. The molecule has 0 bridgehead atoms. The van der Waals surface area contributed by atoms with Crippen LogP contribution in [0.5, 0.6) is 0 Å². The van der Waals surface area contributed by atoms with Gasteiger partial charge in [-0.2, -0.15) is 0 Å². The third kappa shape index (κ3) is 2.56. The molecule has 106 valence electrons. The molecule has 1 aromatic carbocycles. The molecular formula is C16H20N2O2. The van der Waals surface area contributed by atoms with Crippen LogP contribution in [0.15, 0.2) is 30.5 Å². The van der Waals surface area contributed by atoms with Gasteiger partial charge >= 0.3 is 5.97 Å². The van der Waals surface area contributed by atoms with Crippen LogP contribution in [0.1, 0.15) is 25.3 Å². The molecule has 1 N–H and O–H groups in total. The molecule has 0 radical (unpaired) electrons. The number of carboxylic acid groups (broad SMARTS) is 1. The minimum atomic E-state index is -0.740. The van der Waals surface area contributed by atoms with Crippen molar-refractivity contribution in [1.29, 1.82) is 0 Å². The number of aliphatic carboxylic acids is 1. The number of rotatable bonds is 6. The molecule has 4 nitrogen and oxygen atoms in total. The highest BCUT2D eigenvalue weighted by Crippen LogP contribution is 2.30. The number of nitrogens with zero attached hydrogens (tertiary/aromatic N) is 2. The van der Waals surface area contributed by atoms with Crippen LogP contribution in [0.4, 0.5) is 0 Å². The highest BCUT2D eigenvalue weighted by atomic mass is 16.4. The summed E-state index contributed by atoms with van der Waals surface area (Å²) in [5.74, 6) is -0.740. The number of hydrogen-bond donors (Lipinski definition) is 1. The molecule has 0 spiro atoms. The Balaban J connectivity index is 1.91. The monoisotopic (exact) mass is 272 g/mol. The zero-order valence-corrected chi connectivity index (χ0v) is 11.7. The first kappa shape index (κ1) is 13.2. The Bertz CT molecular complexity index is 628. The maximum Gasteiger partial charge on any atom is 0.317 e. The summed E-state index contributed by atoms with van der Waals surface area (Å²) in [5.41, 5.74) is 2.46. The van der Waals surface area contributed by atoms with Crippen LogP contribution in [0.3, 0.4) is 0 Å². The molecule has 1 aliphatic carbocycles. The van der Waals surface area contributed by atoms with Gasteiger partial charge in [0.25, 0.3) is 0 Å². The average molecular weight is 272 g/mol. The zero-order chi connectivity index (χ0) is 14.1. The van der Waals surface area contributed by atoms with Crippen molar-refractivity contribution in [1.82, 2.24) is 9.47 Å². The zero-order valence-electron chi connectivity index (χ0n) is 11.7. The molecule has 1 heterocycles. The summed E-state index contributed by atoms with van der Waals surface area (Å²) in [4.78, 5) is 13.1. The first-order valence-corrected chi connectivity index (χ1v) is 7.21. The van der Waals surface area contributed by atoms with E-state index in [4.69, 9.17) is 5.11 Å². The van der Waals surface area contributed by atoms with Gasteiger partial charge in [0.05, 0.1) is 6.54 Å². The van der Waals surface area contributed by atoms with E-state index in [0.29, 0.717) is 6.04 Å². The lowest BCUT2D eigenvalue weighted by atomic mass is 10.1. The van der Waals surface area contributed by atoms with E-state index in [9.17, 15) is 4.79 Å². The van der Waals surface area contributed by atoms with Gasteiger partial charge in [-0.25, -0.2) is 0 Å². The largest absolute Gasteiger partial charge is 0.480 e. The van der Waals surface area contributed by atoms with E-state index < -0.39 is 5.97 Å². The second-order valence-electron chi connectivity index (χ2n) is 5.49. The molecule has 0 saturated heterocycles. The highest BCUT2D eigenvalue weighted by molar-refractivity contribution is 5.84. The van der Waals surface area contributed by atoms with Crippen LogP contribution in [0.2, 0.25) is 0 Å². The molecule has 0 amide bonds. The molecule has 2 aromatic rings. The molecule has 1 aromatic heterocycles. The predicted molar refractivity (Wildman–Crippen MR) is 78.7 cm³/mol. The molecule has 0 unspecified atom stereocenters. The van der Waals surface area contributed by atoms with E-state index in [1.807, 2.05) is 12.1 Å². The van der Waals surface area contributed by atoms with E-state index in [1.54, 1.807) is 0 Å². The molecule has 1 saturated carbocycles. The van der Waals surface area contributed by atoms with E-state index in [0.717, 1.165) is 25.9 Å². The van der Waals surface area contributed by atoms with Crippen LogP contribution >= 0.6 is 0 Å². The van der Waals surface area contributed by atoms with E-state index in [-0.39, 0.29) is 6.54 Å². The number of aryl methyl sites for hydroxylation is 1. The first-order valence-electron chi connectivity index (χ1n) is 7.21. The van der Waals surface area contributed by atoms with Crippen molar-refractivity contribution in [3.05, 3.63) is 36.0 Å². The molecule has 1 aliphatic rings. The third-order valence-corrected chi connectivity index (χ3v) is 3.99. The number of aromatic nitrogens is 1. The van der Waals surface area contributed by atoms with Crippen molar-refractivity contribution in [2.45, 2.75) is 38.9 Å². The van der Waals surface area contributed by atoms with Crippen LogP contribution < -0.4 is 0 Å². The number of fused-ring (bicyclic) bond motifs is 1. The van der Waals surface area contributed by atoms with Crippen molar-refractivity contribution in [2.75, 3.05) is 6.54 Å².